The Bertz CT molecular complexity index is 953. The van der Waals surface area contributed by atoms with E-state index in [1.807, 2.05) is 12.1 Å². The normalized spacial score (nSPS) is 24.6. The van der Waals surface area contributed by atoms with E-state index in [1.54, 1.807) is 0 Å². The van der Waals surface area contributed by atoms with Crippen LogP contribution in [0.2, 0.25) is 0 Å². The molecule has 4 nitrogen and oxygen atoms in total. The molecule has 2 saturated carbocycles. The molecule has 2 fully saturated rings. The van der Waals surface area contributed by atoms with Crippen LogP contribution in [0.3, 0.4) is 0 Å². The molecule has 0 aromatic heterocycles. The molecular weight excluding hydrogens is 429 g/mol. The molecule has 2 atom stereocenters. The first-order valence-electron chi connectivity index (χ1n) is 12.1. The highest BCUT2D eigenvalue weighted by molar-refractivity contribution is 7.42. The third-order valence-corrected chi connectivity index (χ3v) is 9.31. The zero-order valence-corrected chi connectivity index (χ0v) is 22.1. The zero-order chi connectivity index (χ0) is 23.8. The van der Waals surface area contributed by atoms with E-state index in [-0.39, 0.29) is 5.41 Å². The molecule has 0 amide bonds. The van der Waals surface area contributed by atoms with Crippen molar-refractivity contribution in [1.29, 1.82) is 0 Å². The predicted molar refractivity (Wildman–Crippen MR) is 137 cm³/mol. The fourth-order valence-corrected chi connectivity index (χ4v) is 6.82. The summed E-state index contributed by atoms with van der Waals surface area (Å²) in [6.45, 7) is 16.6. The molecule has 33 heavy (non-hydrogen) atoms. The standard InChI is InChI=1S/C28H38NO3P/c1-19-10-8-11-20(2)25(19)31-33(32-26-21(3)12-9-13-22(26)4)30-17-16-29-24-18-23-14-15-28(24,7)27(23,5)6/h8-13,23H,14-18H2,1-7H3/t23-,28+/m1/s1. The third-order valence-electron chi connectivity index (χ3n) is 8.25. The highest BCUT2D eigenvalue weighted by Gasteiger charge is 2.59. The first-order chi connectivity index (χ1) is 15.6. The minimum absolute atomic E-state index is 0.228. The second kappa shape index (κ2) is 9.39. The second-order valence-electron chi connectivity index (χ2n) is 10.5. The Hall–Kier alpha value is -1.90. The first-order valence-corrected chi connectivity index (χ1v) is 13.2. The number of aliphatic imine (C=N–C) groups is 1. The quantitative estimate of drug-likeness (QED) is 0.292. The Morgan fingerprint density at radius 2 is 1.39 bits per heavy atom. The average molecular weight is 468 g/mol. The van der Waals surface area contributed by atoms with Gasteiger partial charge in [0.15, 0.2) is 0 Å². The minimum atomic E-state index is -1.61. The van der Waals surface area contributed by atoms with E-state index in [0.29, 0.717) is 18.6 Å². The van der Waals surface area contributed by atoms with Gasteiger partial charge in [0.2, 0.25) is 0 Å². The van der Waals surface area contributed by atoms with Crippen LogP contribution < -0.4 is 9.05 Å². The maximum atomic E-state index is 6.34. The fourth-order valence-electron chi connectivity index (χ4n) is 5.57. The summed E-state index contributed by atoms with van der Waals surface area (Å²) in [7, 11) is -1.61. The maximum absolute atomic E-state index is 6.34. The molecule has 2 aliphatic rings. The molecule has 0 heterocycles. The lowest BCUT2D eigenvalue weighted by atomic mass is 9.70. The molecule has 2 aromatic rings. The van der Waals surface area contributed by atoms with Gasteiger partial charge in [-0.2, -0.15) is 0 Å². The summed E-state index contributed by atoms with van der Waals surface area (Å²) in [5.74, 6) is 2.44. The monoisotopic (exact) mass is 467 g/mol. The first kappa shape index (κ1) is 24.2. The van der Waals surface area contributed by atoms with E-state index in [0.717, 1.165) is 46.1 Å². The third kappa shape index (κ3) is 4.57. The second-order valence-corrected chi connectivity index (χ2v) is 11.6. The Labute approximate surface area is 200 Å². The number of hydrogen-bond donors (Lipinski definition) is 0. The summed E-state index contributed by atoms with van der Waals surface area (Å²) in [6, 6.07) is 12.3. The van der Waals surface area contributed by atoms with Crippen LogP contribution in [-0.2, 0) is 4.52 Å². The van der Waals surface area contributed by atoms with E-state index in [1.165, 1.54) is 18.6 Å². The van der Waals surface area contributed by atoms with Crippen molar-refractivity contribution in [3.63, 3.8) is 0 Å². The number of para-hydroxylation sites is 2. The van der Waals surface area contributed by atoms with Gasteiger partial charge in [-0.25, -0.2) is 0 Å². The van der Waals surface area contributed by atoms with Crippen LogP contribution in [0.25, 0.3) is 0 Å². The SMILES string of the molecule is Cc1cccc(C)c1OP(OCCN=C1C[C@H]2CC[C@]1(C)C2(C)C)Oc1c(C)cccc1C. The van der Waals surface area contributed by atoms with Gasteiger partial charge in [0, 0.05) is 11.1 Å². The van der Waals surface area contributed by atoms with Crippen molar-refractivity contribution in [3.05, 3.63) is 58.7 Å². The van der Waals surface area contributed by atoms with Gasteiger partial charge in [-0.1, -0.05) is 57.2 Å². The summed E-state index contributed by atoms with van der Waals surface area (Å²) in [5, 5.41) is 0. The lowest BCUT2D eigenvalue weighted by Crippen LogP contribution is -2.32. The summed E-state index contributed by atoms with van der Waals surface area (Å²) in [5.41, 5.74) is 6.26. The fraction of sp³-hybridized carbons (Fsp3) is 0.536. The molecule has 0 saturated heterocycles. The van der Waals surface area contributed by atoms with Gasteiger partial charge in [0.05, 0.1) is 13.2 Å². The topological polar surface area (TPSA) is 40.0 Å². The average Bonchev–Trinajstić information content (AvgIpc) is 3.09. The van der Waals surface area contributed by atoms with Crippen molar-refractivity contribution in [3.8, 4) is 11.5 Å². The molecule has 5 heteroatoms. The lowest BCUT2D eigenvalue weighted by molar-refractivity contribution is 0.193. The van der Waals surface area contributed by atoms with Crippen molar-refractivity contribution >= 4 is 14.3 Å². The molecule has 0 radical (unpaired) electrons. The number of hydrogen-bond acceptors (Lipinski definition) is 4. The summed E-state index contributed by atoms with van der Waals surface area (Å²) < 4.78 is 18.9. The lowest BCUT2D eigenvalue weighted by Gasteiger charge is -2.34. The van der Waals surface area contributed by atoms with Crippen molar-refractivity contribution < 1.29 is 13.6 Å². The Balaban J connectivity index is 1.47. The molecule has 2 aromatic carbocycles. The van der Waals surface area contributed by atoms with Crippen molar-refractivity contribution in [2.45, 2.75) is 67.7 Å². The summed E-state index contributed by atoms with van der Waals surface area (Å²) in [6.07, 6.45) is 3.72. The minimum Gasteiger partial charge on any atom is -0.417 e. The van der Waals surface area contributed by atoms with E-state index in [2.05, 4.69) is 72.7 Å². The number of nitrogens with zero attached hydrogens (tertiary/aromatic N) is 1. The van der Waals surface area contributed by atoms with Gasteiger partial charge in [-0.3, -0.25) is 9.52 Å². The van der Waals surface area contributed by atoms with Gasteiger partial charge in [-0.15, -0.1) is 0 Å². The highest BCUT2D eigenvalue weighted by atomic mass is 31.2. The molecule has 4 rings (SSSR count). The maximum Gasteiger partial charge on any atom is 0.463 e. The van der Waals surface area contributed by atoms with Crippen molar-refractivity contribution in [2.24, 2.45) is 21.7 Å². The van der Waals surface area contributed by atoms with Gasteiger partial charge in [0.1, 0.15) is 11.5 Å². The molecule has 0 unspecified atom stereocenters. The van der Waals surface area contributed by atoms with E-state index >= 15 is 0 Å². The summed E-state index contributed by atoms with van der Waals surface area (Å²) >= 11 is 0. The molecule has 0 spiro atoms. The van der Waals surface area contributed by atoms with Crippen LogP contribution in [0, 0.1) is 44.4 Å². The molecule has 0 N–H and O–H groups in total. The van der Waals surface area contributed by atoms with E-state index in [9.17, 15) is 0 Å². The number of aryl methyl sites for hydroxylation is 4. The molecular formula is C28H38NO3P. The van der Waals surface area contributed by atoms with Crippen LogP contribution in [0.15, 0.2) is 41.4 Å². The van der Waals surface area contributed by atoms with Crippen molar-refractivity contribution in [1.82, 2.24) is 0 Å². The molecule has 178 valence electrons. The Kier molecular flexibility index (Phi) is 6.90. The van der Waals surface area contributed by atoms with E-state index < -0.39 is 8.60 Å². The molecule has 2 bridgehead atoms. The van der Waals surface area contributed by atoms with Crippen molar-refractivity contribution in [2.75, 3.05) is 13.2 Å². The van der Waals surface area contributed by atoms with Crippen LogP contribution >= 0.6 is 8.60 Å². The molecule has 2 aliphatic carbocycles. The highest BCUT2D eigenvalue weighted by Crippen LogP contribution is 2.64. The van der Waals surface area contributed by atoms with E-state index in [4.69, 9.17) is 18.6 Å². The Morgan fingerprint density at radius 1 is 0.879 bits per heavy atom. The van der Waals surface area contributed by atoms with Gasteiger partial charge in [0.25, 0.3) is 0 Å². The largest absolute Gasteiger partial charge is 0.463 e. The zero-order valence-electron chi connectivity index (χ0n) is 21.2. The van der Waals surface area contributed by atoms with Crippen LogP contribution in [0.5, 0.6) is 11.5 Å². The molecule has 0 aliphatic heterocycles. The summed E-state index contributed by atoms with van der Waals surface area (Å²) in [4.78, 5) is 5.02. The smallest absolute Gasteiger partial charge is 0.417 e. The van der Waals surface area contributed by atoms with Gasteiger partial charge < -0.3 is 9.05 Å². The number of benzene rings is 2. The van der Waals surface area contributed by atoms with Gasteiger partial charge in [-0.05, 0) is 80.5 Å². The number of rotatable bonds is 8. The van der Waals surface area contributed by atoms with Gasteiger partial charge >= 0.3 is 8.60 Å². The predicted octanol–water partition coefficient (Wildman–Crippen LogP) is 7.91. The van der Waals surface area contributed by atoms with Crippen LogP contribution in [0.1, 0.15) is 62.3 Å². The number of fused-ring (bicyclic) bond motifs is 2. The Morgan fingerprint density at radius 3 is 1.82 bits per heavy atom. The van der Waals surface area contributed by atoms with Crippen LogP contribution in [0.4, 0.5) is 0 Å². The van der Waals surface area contributed by atoms with Crippen LogP contribution in [-0.4, -0.2) is 18.9 Å².